The highest BCUT2D eigenvalue weighted by Gasteiger charge is 2.19. The molecule has 0 atom stereocenters. The maximum absolute atomic E-state index is 12.5. The minimum Gasteiger partial charge on any atom is -0.357 e. The lowest BCUT2D eigenvalue weighted by Gasteiger charge is -2.21. The van der Waals surface area contributed by atoms with E-state index < -0.39 is 0 Å². The van der Waals surface area contributed by atoms with E-state index in [9.17, 15) is 9.59 Å². The zero-order valence-electron chi connectivity index (χ0n) is 14.6. The second kappa shape index (κ2) is 7.15. The number of hydrogen-bond acceptors (Lipinski definition) is 4. The summed E-state index contributed by atoms with van der Waals surface area (Å²) >= 11 is 0. The molecule has 2 aliphatic heterocycles. The predicted molar refractivity (Wildman–Crippen MR) is 100 cm³/mol. The van der Waals surface area contributed by atoms with Crippen molar-refractivity contribution in [2.24, 2.45) is 0 Å². The quantitative estimate of drug-likeness (QED) is 0.892. The van der Waals surface area contributed by atoms with Crippen LogP contribution in [0.25, 0.3) is 0 Å². The fourth-order valence-electron chi connectivity index (χ4n) is 3.50. The molecule has 0 unspecified atom stereocenters. The fraction of sp³-hybridized carbons (Fsp3) is 0.350. The van der Waals surface area contributed by atoms with E-state index in [1.165, 1.54) is 25.7 Å². The van der Waals surface area contributed by atoms with Crippen molar-refractivity contribution < 1.29 is 9.59 Å². The van der Waals surface area contributed by atoms with Gasteiger partial charge in [-0.15, -0.1) is 0 Å². The molecule has 2 aliphatic rings. The third kappa shape index (κ3) is 3.40. The Balaban J connectivity index is 1.45. The Labute approximate surface area is 152 Å². The molecule has 1 aromatic carbocycles. The summed E-state index contributed by atoms with van der Waals surface area (Å²) in [5.74, 6) is 0.607. The standard InChI is InChI=1S/C20H22N4O2/c25-19(23-16-7-5-14-12-22-20(26)17(14)11-16)15-6-8-18(21-13-15)24-9-3-1-2-4-10-24/h5-8,11,13H,1-4,9-10,12H2,(H,22,26)(H,23,25). The largest absolute Gasteiger partial charge is 0.357 e. The number of carbonyl (C=O) groups excluding carboxylic acids is 2. The Morgan fingerprint density at radius 2 is 1.88 bits per heavy atom. The van der Waals surface area contributed by atoms with Gasteiger partial charge in [-0.1, -0.05) is 18.9 Å². The molecule has 2 N–H and O–H groups in total. The molecule has 0 radical (unpaired) electrons. The van der Waals surface area contributed by atoms with Gasteiger partial charge in [0.2, 0.25) is 0 Å². The highest BCUT2D eigenvalue weighted by atomic mass is 16.2. The smallest absolute Gasteiger partial charge is 0.257 e. The van der Waals surface area contributed by atoms with Crippen molar-refractivity contribution in [3.63, 3.8) is 0 Å². The summed E-state index contributed by atoms with van der Waals surface area (Å²) in [7, 11) is 0. The van der Waals surface area contributed by atoms with Gasteiger partial charge in [0.25, 0.3) is 11.8 Å². The van der Waals surface area contributed by atoms with E-state index in [1.54, 1.807) is 12.3 Å². The van der Waals surface area contributed by atoms with Crippen LogP contribution >= 0.6 is 0 Å². The van der Waals surface area contributed by atoms with Gasteiger partial charge in [-0.25, -0.2) is 4.98 Å². The normalized spacial score (nSPS) is 16.6. The molecule has 2 aromatic rings. The van der Waals surface area contributed by atoms with Crippen molar-refractivity contribution in [3.8, 4) is 0 Å². The molecule has 2 amide bonds. The number of hydrogen-bond donors (Lipinski definition) is 2. The minimum atomic E-state index is -0.224. The predicted octanol–water partition coefficient (Wildman–Crippen LogP) is 2.96. The maximum Gasteiger partial charge on any atom is 0.257 e. The summed E-state index contributed by atoms with van der Waals surface area (Å²) in [4.78, 5) is 31.0. The first-order chi connectivity index (χ1) is 12.7. The molecule has 0 spiro atoms. The summed E-state index contributed by atoms with van der Waals surface area (Å²) in [5.41, 5.74) is 2.70. The summed E-state index contributed by atoms with van der Waals surface area (Å²) in [6.45, 7) is 2.59. The third-order valence-electron chi connectivity index (χ3n) is 4.99. The van der Waals surface area contributed by atoms with Crippen LogP contribution in [0.15, 0.2) is 36.5 Å². The van der Waals surface area contributed by atoms with Gasteiger partial charge in [-0.05, 0) is 42.7 Å². The van der Waals surface area contributed by atoms with Gasteiger partial charge >= 0.3 is 0 Å². The molecule has 1 saturated heterocycles. The molecule has 0 saturated carbocycles. The van der Waals surface area contributed by atoms with Gasteiger partial charge in [0.1, 0.15) is 5.82 Å². The van der Waals surface area contributed by atoms with Crippen molar-refractivity contribution in [2.75, 3.05) is 23.3 Å². The van der Waals surface area contributed by atoms with E-state index in [0.29, 0.717) is 23.4 Å². The van der Waals surface area contributed by atoms with Gasteiger partial charge in [-0.3, -0.25) is 9.59 Å². The van der Waals surface area contributed by atoms with Crippen LogP contribution in [-0.4, -0.2) is 29.9 Å². The van der Waals surface area contributed by atoms with Crippen molar-refractivity contribution in [2.45, 2.75) is 32.2 Å². The second-order valence-electron chi connectivity index (χ2n) is 6.82. The number of aromatic nitrogens is 1. The second-order valence-corrected chi connectivity index (χ2v) is 6.82. The number of carbonyl (C=O) groups is 2. The zero-order valence-corrected chi connectivity index (χ0v) is 14.6. The molecule has 134 valence electrons. The van der Waals surface area contributed by atoms with Gasteiger partial charge in [0.05, 0.1) is 5.56 Å². The van der Waals surface area contributed by atoms with Gasteiger partial charge < -0.3 is 15.5 Å². The first kappa shape index (κ1) is 16.6. The molecule has 3 heterocycles. The van der Waals surface area contributed by atoms with E-state index >= 15 is 0 Å². The molecule has 0 aliphatic carbocycles. The number of amides is 2. The molecule has 26 heavy (non-hydrogen) atoms. The topological polar surface area (TPSA) is 74.3 Å². The molecular formula is C20H22N4O2. The average molecular weight is 350 g/mol. The maximum atomic E-state index is 12.5. The number of nitrogens with one attached hydrogen (secondary N) is 2. The molecule has 1 aromatic heterocycles. The van der Waals surface area contributed by atoms with E-state index in [4.69, 9.17) is 0 Å². The van der Waals surface area contributed by atoms with Crippen molar-refractivity contribution in [1.82, 2.24) is 10.3 Å². The number of pyridine rings is 1. The summed E-state index contributed by atoms with van der Waals surface area (Å²) in [6.07, 6.45) is 6.55. The number of nitrogens with zero attached hydrogens (tertiary/aromatic N) is 2. The Morgan fingerprint density at radius 1 is 1.08 bits per heavy atom. The highest BCUT2D eigenvalue weighted by molar-refractivity contribution is 6.05. The van der Waals surface area contributed by atoms with Crippen LogP contribution in [0, 0.1) is 0 Å². The number of rotatable bonds is 3. The zero-order chi connectivity index (χ0) is 17.9. The fourth-order valence-corrected chi connectivity index (χ4v) is 3.50. The third-order valence-corrected chi connectivity index (χ3v) is 4.99. The van der Waals surface area contributed by atoms with Crippen molar-refractivity contribution >= 4 is 23.3 Å². The Hall–Kier alpha value is -2.89. The van der Waals surface area contributed by atoms with Crippen molar-refractivity contribution in [3.05, 3.63) is 53.2 Å². The van der Waals surface area contributed by atoms with E-state index in [0.717, 1.165) is 24.5 Å². The average Bonchev–Trinajstić information content (AvgIpc) is 2.87. The first-order valence-electron chi connectivity index (χ1n) is 9.14. The number of fused-ring (bicyclic) bond motifs is 1. The minimum absolute atomic E-state index is 0.0976. The summed E-state index contributed by atoms with van der Waals surface area (Å²) < 4.78 is 0. The lowest BCUT2D eigenvalue weighted by atomic mass is 10.1. The van der Waals surface area contributed by atoms with Crippen LogP contribution in [-0.2, 0) is 6.54 Å². The SMILES string of the molecule is O=C(Nc1ccc2c(c1)C(=O)NC2)c1ccc(N2CCCCCC2)nc1. The van der Waals surface area contributed by atoms with Gasteiger partial charge in [0, 0.05) is 37.1 Å². The Kier molecular flexibility index (Phi) is 4.56. The molecule has 6 nitrogen and oxygen atoms in total. The highest BCUT2D eigenvalue weighted by Crippen LogP contribution is 2.21. The van der Waals surface area contributed by atoms with Crippen LogP contribution in [0.2, 0.25) is 0 Å². The molecule has 1 fully saturated rings. The monoisotopic (exact) mass is 350 g/mol. The van der Waals surface area contributed by atoms with Crippen LogP contribution in [0.4, 0.5) is 11.5 Å². The van der Waals surface area contributed by atoms with Crippen LogP contribution in [0.5, 0.6) is 0 Å². The van der Waals surface area contributed by atoms with E-state index in [-0.39, 0.29) is 11.8 Å². The number of anilines is 2. The molecule has 0 bridgehead atoms. The lowest BCUT2D eigenvalue weighted by Crippen LogP contribution is -2.25. The Morgan fingerprint density at radius 3 is 2.62 bits per heavy atom. The summed E-state index contributed by atoms with van der Waals surface area (Å²) in [5, 5.41) is 5.62. The van der Waals surface area contributed by atoms with Crippen molar-refractivity contribution in [1.29, 1.82) is 0 Å². The summed E-state index contributed by atoms with van der Waals surface area (Å²) in [6, 6.07) is 9.12. The van der Waals surface area contributed by atoms with Crippen LogP contribution < -0.4 is 15.5 Å². The van der Waals surface area contributed by atoms with E-state index in [2.05, 4.69) is 20.5 Å². The number of benzene rings is 1. The first-order valence-corrected chi connectivity index (χ1v) is 9.14. The molecule has 4 rings (SSSR count). The van der Waals surface area contributed by atoms with Gasteiger partial charge in [0.15, 0.2) is 0 Å². The van der Waals surface area contributed by atoms with Crippen LogP contribution in [0.1, 0.15) is 52.0 Å². The lowest BCUT2D eigenvalue weighted by molar-refractivity contribution is 0.0964. The molecular weight excluding hydrogens is 328 g/mol. The Bertz CT molecular complexity index is 824. The molecule has 6 heteroatoms. The van der Waals surface area contributed by atoms with E-state index in [1.807, 2.05) is 24.3 Å². The van der Waals surface area contributed by atoms with Gasteiger partial charge in [-0.2, -0.15) is 0 Å². The van der Waals surface area contributed by atoms with Crippen LogP contribution in [0.3, 0.4) is 0 Å².